The molecule has 0 aliphatic carbocycles. The molecule has 1 aliphatic heterocycles. The normalized spacial score (nSPS) is 15.3. The van der Waals surface area contributed by atoms with Crippen molar-refractivity contribution in [2.75, 3.05) is 0 Å². The summed E-state index contributed by atoms with van der Waals surface area (Å²) in [6.07, 6.45) is 2.02. The van der Waals surface area contributed by atoms with E-state index in [9.17, 15) is 4.79 Å². The maximum Gasteiger partial charge on any atom is 0.266 e. The van der Waals surface area contributed by atoms with Crippen LogP contribution in [0.15, 0.2) is 89.8 Å². The smallest absolute Gasteiger partial charge is 0.266 e. The first-order chi connectivity index (χ1) is 15.6. The van der Waals surface area contributed by atoms with Crippen LogP contribution in [-0.4, -0.2) is 19.7 Å². The Kier molecular flexibility index (Phi) is 5.68. The molecule has 1 fully saturated rings. The van der Waals surface area contributed by atoms with Crippen LogP contribution in [0.3, 0.4) is 0 Å². The van der Waals surface area contributed by atoms with Gasteiger partial charge in [-0.3, -0.25) is 9.69 Å². The van der Waals surface area contributed by atoms with Crippen molar-refractivity contribution < 1.29 is 4.79 Å². The number of hydrogen-bond acceptors (Lipinski definition) is 3. The summed E-state index contributed by atoms with van der Waals surface area (Å²) in [6.45, 7) is 3.41. The maximum absolute atomic E-state index is 13.2. The number of benzene rings is 3. The average molecular weight is 455 g/mol. The monoisotopic (exact) mass is 454 g/mol. The van der Waals surface area contributed by atoms with Crippen molar-refractivity contribution in [2.45, 2.75) is 20.0 Å². The van der Waals surface area contributed by atoms with E-state index in [1.807, 2.05) is 48.5 Å². The number of amides is 1. The molecule has 0 bridgehead atoms. The molecule has 3 aromatic carbocycles. The summed E-state index contributed by atoms with van der Waals surface area (Å²) in [5.41, 5.74) is 5.71. The topological polar surface area (TPSA) is 25.2 Å². The predicted octanol–water partition coefficient (Wildman–Crippen LogP) is 6.40. The Hall–Kier alpha value is -3.15. The van der Waals surface area contributed by atoms with E-state index in [1.165, 1.54) is 22.8 Å². The number of fused-ring (bicyclic) bond motifs is 1. The highest BCUT2D eigenvalue weighted by Crippen LogP contribution is 2.36. The van der Waals surface area contributed by atoms with Gasteiger partial charge in [0.2, 0.25) is 0 Å². The highest BCUT2D eigenvalue weighted by Gasteiger charge is 2.32. The molecule has 32 heavy (non-hydrogen) atoms. The van der Waals surface area contributed by atoms with Crippen molar-refractivity contribution in [3.8, 4) is 0 Å². The van der Waals surface area contributed by atoms with Gasteiger partial charge >= 0.3 is 0 Å². The van der Waals surface area contributed by atoms with Gasteiger partial charge in [0.15, 0.2) is 0 Å². The second-order valence-electron chi connectivity index (χ2n) is 7.84. The zero-order valence-electron chi connectivity index (χ0n) is 17.7. The van der Waals surface area contributed by atoms with Crippen molar-refractivity contribution >= 4 is 51.2 Å². The molecule has 0 spiro atoms. The van der Waals surface area contributed by atoms with Crippen molar-refractivity contribution in [3.05, 3.63) is 112 Å². The van der Waals surface area contributed by atoms with Crippen LogP contribution in [0.5, 0.6) is 0 Å². The Morgan fingerprint density at radius 2 is 1.44 bits per heavy atom. The summed E-state index contributed by atoms with van der Waals surface area (Å²) in [5, 5.41) is 1.15. The zero-order valence-corrected chi connectivity index (χ0v) is 19.3. The van der Waals surface area contributed by atoms with Gasteiger partial charge in [-0.05, 0) is 30.2 Å². The molecule has 1 aromatic heterocycles. The minimum Gasteiger partial charge on any atom is -0.340 e. The van der Waals surface area contributed by atoms with Crippen molar-refractivity contribution in [1.29, 1.82) is 0 Å². The molecule has 0 unspecified atom stereocenters. The first kappa shape index (κ1) is 20.7. The second-order valence-corrected chi connectivity index (χ2v) is 9.52. The lowest BCUT2D eigenvalue weighted by Crippen LogP contribution is -2.27. The Labute approximate surface area is 197 Å². The third-order valence-electron chi connectivity index (χ3n) is 5.80. The molecule has 0 radical (unpaired) electrons. The first-order valence-electron chi connectivity index (χ1n) is 10.5. The lowest BCUT2D eigenvalue weighted by atomic mass is 10.1. The molecule has 4 aromatic rings. The summed E-state index contributed by atoms with van der Waals surface area (Å²) in [4.78, 5) is 15.6. The van der Waals surface area contributed by atoms with Gasteiger partial charge in [0.05, 0.1) is 11.4 Å². The average Bonchev–Trinajstić information content (AvgIpc) is 3.24. The van der Waals surface area contributed by atoms with E-state index in [0.29, 0.717) is 15.8 Å². The van der Waals surface area contributed by atoms with Crippen molar-refractivity contribution in [2.24, 2.45) is 0 Å². The molecular weight excluding hydrogens is 432 g/mol. The molecular formula is C27H22N2OS2. The summed E-state index contributed by atoms with van der Waals surface area (Å²) < 4.78 is 2.93. The third-order valence-corrected chi connectivity index (χ3v) is 7.17. The standard InChI is InChI=1S/C27H22N2OS2/c1-19-23(16-25-26(30)29(27(31)32-25)18-21-12-6-3-7-13-21)22-14-8-9-15-24(22)28(19)17-20-10-4-2-5-11-20/h2-16H,17-18H2,1H3/b25-16-. The largest absolute Gasteiger partial charge is 0.340 e. The van der Waals surface area contributed by atoms with E-state index >= 15 is 0 Å². The van der Waals surface area contributed by atoms with Crippen molar-refractivity contribution in [1.82, 2.24) is 9.47 Å². The quantitative estimate of drug-likeness (QED) is 0.258. The molecule has 5 rings (SSSR count). The summed E-state index contributed by atoms with van der Waals surface area (Å²) in [5.74, 6) is -0.0249. The molecule has 0 atom stereocenters. The van der Waals surface area contributed by atoms with Gasteiger partial charge in [-0.15, -0.1) is 0 Å². The van der Waals surface area contributed by atoms with Crippen molar-refractivity contribution in [3.63, 3.8) is 0 Å². The Morgan fingerprint density at radius 1 is 0.844 bits per heavy atom. The van der Waals surface area contributed by atoms with Crippen LogP contribution in [0.1, 0.15) is 22.4 Å². The Bertz CT molecular complexity index is 1340. The molecule has 5 heteroatoms. The number of carbonyl (C=O) groups is 1. The van der Waals surface area contributed by atoms with Crippen LogP contribution < -0.4 is 0 Å². The van der Waals surface area contributed by atoms with Crippen LogP contribution in [0, 0.1) is 6.92 Å². The molecule has 3 nitrogen and oxygen atoms in total. The fourth-order valence-corrected chi connectivity index (χ4v) is 5.38. The lowest BCUT2D eigenvalue weighted by molar-refractivity contribution is -0.122. The molecule has 0 saturated carbocycles. The fraction of sp³-hybridized carbons (Fsp3) is 0.111. The molecule has 1 amide bonds. The summed E-state index contributed by atoms with van der Waals surface area (Å²) in [6, 6.07) is 28.8. The number of thiocarbonyl (C=S) groups is 1. The van der Waals surface area contributed by atoms with E-state index < -0.39 is 0 Å². The van der Waals surface area contributed by atoms with E-state index in [2.05, 4.69) is 54.0 Å². The van der Waals surface area contributed by atoms with E-state index in [-0.39, 0.29) is 5.91 Å². The van der Waals surface area contributed by atoms with Crippen LogP contribution in [0.25, 0.3) is 17.0 Å². The number of aromatic nitrogens is 1. The first-order valence-corrected chi connectivity index (χ1v) is 11.8. The second kappa shape index (κ2) is 8.77. The number of nitrogens with zero attached hydrogens (tertiary/aromatic N) is 2. The number of hydrogen-bond donors (Lipinski definition) is 0. The van der Waals surface area contributed by atoms with Crippen LogP contribution >= 0.6 is 24.0 Å². The van der Waals surface area contributed by atoms with E-state index in [1.54, 1.807) is 4.90 Å². The SMILES string of the molecule is Cc1c(/C=C2\SC(=S)N(Cc3ccccc3)C2=O)c2ccccc2n1Cc1ccccc1. The number of carbonyl (C=O) groups excluding carboxylic acids is 1. The van der Waals surface area contributed by atoms with Gasteiger partial charge in [0, 0.05) is 28.7 Å². The third kappa shape index (κ3) is 3.90. The van der Waals surface area contributed by atoms with Crippen LogP contribution in [0.4, 0.5) is 0 Å². The van der Waals surface area contributed by atoms with Gasteiger partial charge in [0.1, 0.15) is 4.32 Å². The lowest BCUT2D eigenvalue weighted by Gasteiger charge is -2.14. The molecule has 0 N–H and O–H groups in total. The van der Waals surface area contributed by atoms with Gasteiger partial charge in [-0.2, -0.15) is 0 Å². The summed E-state index contributed by atoms with van der Waals surface area (Å²) >= 11 is 6.94. The number of para-hydroxylation sites is 1. The Balaban J connectivity index is 1.52. The molecule has 1 saturated heterocycles. The highest BCUT2D eigenvalue weighted by atomic mass is 32.2. The zero-order chi connectivity index (χ0) is 22.1. The molecule has 1 aliphatic rings. The molecule has 158 valence electrons. The highest BCUT2D eigenvalue weighted by molar-refractivity contribution is 8.26. The number of thioether (sulfide) groups is 1. The minimum atomic E-state index is -0.0249. The molecule has 2 heterocycles. The minimum absolute atomic E-state index is 0.0249. The Morgan fingerprint density at radius 3 is 2.12 bits per heavy atom. The van der Waals surface area contributed by atoms with Gasteiger partial charge in [0.25, 0.3) is 5.91 Å². The number of rotatable bonds is 5. The van der Waals surface area contributed by atoms with Gasteiger partial charge in [-0.1, -0.05) is 103 Å². The van der Waals surface area contributed by atoms with E-state index in [4.69, 9.17) is 12.2 Å². The van der Waals surface area contributed by atoms with Crippen LogP contribution in [0.2, 0.25) is 0 Å². The summed E-state index contributed by atoms with van der Waals surface area (Å²) in [7, 11) is 0. The maximum atomic E-state index is 13.2. The van der Waals surface area contributed by atoms with Gasteiger partial charge in [-0.25, -0.2) is 0 Å². The fourth-order valence-electron chi connectivity index (χ4n) is 4.14. The predicted molar refractivity (Wildman–Crippen MR) is 137 cm³/mol. The van der Waals surface area contributed by atoms with Gasteiger partial charge < -0.3 is 4.57 Å². The van der Waals surface area contributed by atoms with E-state index in [0.717, 1.165) is 28.8 Å². The van der Waals surface area contributed by atoms with Crippen LogP contribution in [-0.2, 0) is 17.9 Å².